The molecule has 0 aliphatic heterocycles. The summed E-state index contributed by atoms with van der Waals surface area (Å²) >= 11 is 0. The van der Waals surface area contributed by atoms with Crippen molar-refractivity contribution in [3.05, 3.63) is 53.6 Å². The fraction of sp³-hybridized carbons (Fsp3) is 0.524. The van der Waals surface area contributed by atoms with Gasteiger partial charge in [0.05, 0.1) is 0 Å². The molecule has 114 valence electrons. The molecular formula is C21H30. The number of allylic oxidation sites excluding steroid dienone is 4. The third kappa shape index (κ3) is 3.67. The van der Waals surface area contributed by atoms with Gasteiger partial charge in [0, 0.05) is 0 Å². The first-order valence-electron chi connectivity index (χ1n) is 8.72. The molecule has 0 atom stereocenters. The van der Waals surface area contributed by atoms with E-state index in [0.717, 1.165) is 0 Å². The van der Waals surface area contributed by atoms with Gasteiger partial charge in [0.25, 0.3) is 0 Å². The Morgan fingerprint density at radius 3 is 2.14 bits per heavy atom. The van der Waals surface area contributed by atoms with Crippen LogP contribution in [0, 0.1) is 5.41 Å². The maximum Gasteiger partial charge on any atom is -0.000671 e. The zero-order valence-electron chi connectivity index (χ0n) is 14.0. The summed E-state index contributed by atoms with van der Waals surface area (Å²) in [5.74, 6) is 0. The van der Waals surface area contributed by atoms with Gasteiger partial charge in [-0.05, 0) is 47.8 Å². The maximum atomic E-state index is 2.36. The third-order valence-corrected chi connectivity index (χ3v) is 4.74. The SMILES string of the molecule is CCCc1ccc(C2=CC=CCC2(CCC)CCC)cc1. The van der Waals surface area contributed by atoms with E-state index in [1.165, 1.54) is 56.1 Å². The summed E-state index contributed by atoms with van der Waals surface area (Å²) in [6.45, 7) is 6.88. The van der Waals surface area contributed by atoms with Gasteiger partial charge >= 0.3 is 0 Å². The molecular weight excluding hydrogens is 252 g/mol. The first-order chi connectivity index (χ1) is 10.3. The van der Waals surface area contributed by atoms with Crippen molar-refractivity contribution in [3.8, 4) is 0 Å². The maximum absolute atomic E-state index is 2.36. The first-order valence-corrected chi connectivity index (χ1v) is 8.72. The molecule has 0 fully saturated rings. The Labute approximate surface area is 131 Å². The fourth-order valence-electron chi connectivity index (χ4n) is 3.84. The largest absolute Gasteiger partial charge is 0.0836 e. The second kappa shape index (κ2) is 7.64. The first kappa shape index (κ1) is 16.1. The Hall–Kier alpha value is -1.30. The molecule has 21 heavy (non-hydrogen) atoms. The molecule has 0 bridgehead atoms. The minimum Gasteiger partial charge on any atom is -0.0836 e. The van der Waals surface area contributed by atoms with E-state index in [9.17, 15) is 0 Å². The van der Waals surface area contributed by atoms with Gasteiger partial charge in [-0.2, -0.15) is 0 Å². The van der Waals surface area contributed by atoms with Crippen LogP contribution in [0.5, 0.6) is 0 Å². The lowest BCUT2D eigenvalue weighted by Crippen LogP contribution is -2.23. The summed E-state index contributed by atoms with van der Waals surface area (Å²) < 4.78 is 0. The minimum atomic E-state index is 0.366. The van der Waals surface area contributed by atoms with Crippen LogP contribution in [0.3, 0.4) is 0 Å². The molecule has 0 spiro atoms. The molecule has 1 aromatic carbocycles. The molecule has 0 radical (unpaired) electrons. The number of hydrogen-bond donors (Lipinski definition) is 0. The molecule has 0 unspecified atom stereocenters. The molecule has 0 N–H and O–H groups in total. The highest BCUT2D eigenvalue weighted by molar-refractivity contribution is 5.73. The van der Waals surface area contributed by atoms with Gasteiger partial charge in [0.1, 0.15) is 0 Å². The van der Waals surface area contributed by atoms with E-state index >= 15 is 0 Å². The summed E-state index contributed by atoms with van der Waals surface area (Å²) in [6, 6.07) is 9.33. The monoisotopic (exact) mass is 282 g/mol. The summed E-state index contributed by atoms with van der Waals surface area (Å²) in [5.41, 5.74) is 4.83. The molecule has 1 aliphatic carbocycles. The van der Waals surface area contributed by atoms with Crippen LogP contribution in [-0.2, 0) is 6.42 Å². The average molecular weight is 282 g/mol. The van der Waals surface area contributed by atoms with E-state index in [-0.39, 0.29) is 0 Å². The van der Waals surface area contributed by atoms with Crippen molar-refractivity contribution in [1.82, 2.24) is 0 Å². The quantitative estimate of drug-likeness (QED) is 0.530. The summed E-state index contributed by atoms with van der Waals surface area (Å²) in [4.78, 5) is 0. The molecule has 0 amide bonds. The van der Waals surface area contributed by atoms with Gasteiger partial charge < -0.3 is 0 Å². The van der Waals surface area contributed by atoms with E-state index in [2.05, 4.69) is 63.3 Å². The lowest BCUT2D eigenvalue weighted by Gasteiger charge is -2.37. The molecule has 2 rings (SSSR count). The van der Waals surface area contributed by atoms with Gasteiger partial charge in [-0.3, -0.25) is 0 Å². The summed E-state index contributed by atoms with van der Waals surface area (Å²) in [6.07, 6.45) is 15.7. The van der Waals surface area contributed by atoms with Crippen LogP contribution in [-0.4, -0.2) is 0 Å². The average Bonchev–Trinajstić information content (AvgIpc) is 2.50. The number of benzene rings is 1. The van der Waals surface area contributed by atoms with Gasteiger partial charge in [0.15, 0.2) is 0 Å². The van der Waals surface area contributed by atoms with Crippen LogP contribution in [0.15, 0.2) is 42.5 Å². The van der Waals surface area contributed by atoms with E-state index in [4.69, 9.17) is 0 Å². The van der Waals surface area contributed by atoms with Gasteiger partial charge in [-0.1, -0.05) is 82.5 Å². The summed E-state index contributed by atoms with van der Waals surface area (Å²) in [7, 11) is 0. The van der Waals surface area contributed by atoms with E-state index in [1.54, 1.807) is 5.57 Å². The fourth-order valence-corrected chi connectivity index (χ4v) is 3.84. The van der Waals surface area contributed by atoms with Gasteiger partial charge in [-0.15, -0.1) is 0 Å². The van der Waals surface area contributed by atoms with Crippen LogP contribution in [0.4, 0.5) is 0 Å². The van der Waals surface area contributed by atoms with Crippen molar-refractivity contribution >= 4 is 5.57 Å². The van der Waals surface area contributed by atoms with Crippen LogP contribution in [0.2, 0.25) is 0 Å². The minimum absolute atomic E-state index is 0.366. The smallest absolute Gasteiger partial charge is 0.000671 e. The molecule has 0 nitrogen and oxygen atoms in total. The summed E-state index contributed by atoms with van der Waals surface area (Å²) in [5, 5.41) is 0. The highest BCUT2D eigenvalue weighted by Gasteiger charge is 2.33. The second-order valence-corrected chi connectivity index (χ2v) is 6.44. The van der Waals surface area contributed by atoms with E-state index < -0.39 is 0 Å². The van der Waals surface area contributed by atoms with Crippen molar-refractivity contribution in [2.75, 3.05) is 0 Å². The lowest BCUT2D eigenvalue weighted by atomic mass is 9.67. The van der Waals surface area contributed by atoms with Crippen LogP contribution in [0.1, 0.15) is 70.4 Å². The number of aryl methyl sites for hydroxylation is 1. The van der Waals surface area contributed by atoms with Gasteiger partial charge in [0.2, 0.25) is 0 Å². The van der Waals surface area contributed by atoms with Crippen LogP contribution in [0.25, 0.3) is 5.57 Å². The molecule has 0 heteroatoms. The van der Waals surface area contributed by atoms with Crippen LogP contribution < -0.4 is 0 Å². The molecule has 0 aromatic heterocycles. The molecule has 0 saturated heterocycles. The molecule has 0 saturated carbocycles. The zero-order chi connectivity index (χ0) is 15.1. The van der Waals surface area contributed by atoms with Crippen LogP contribution >= 0.6 is 0 Å². The second-order valence-electron chi connectivity index (χ2n) is 6.44. The van der Waals surface area contributed by atoms with Crippen molar-refractivity contribution in [2.24, 2.45) is 5.41 Å². The normalized spacial score (nSPS) is 16.8. The molecule has 1 aliphatic rings. The zero-order valence-corrected chi connectivity index (χ0v) is 14.0. The Balaban J connectivity index is 2.32. The van der Waals surface area contributed by atoms with Gasteiger partial charge in [-0.25, -0.2) is 0 Å². The van der Waals surface area contributed by atoms with Crippen molar-refractivity contribution < 1.29 is 0 Å². The van der Waals surface area contributed by atoms with E-state index in [0.29, 0.717) is 5.41 Å². The predicted octanol–water partition coefficient (Wildman–Crippen LogP) is 6.57. The lowest BCUT2D eigenvalue weighted by molar-refractivity contribution is 0.333. The van der Waals surface area contributed by atoms with E-state index in [1.807, 2.05) is 0 Å². The van der Waals surface area contributed by atoms with Crippen molar-refractivity contribution in [1.29, 1.82) is 0 Å². The van der Waals surface area contributed by atoms with Crippen molar-refractivity contribution in [3.63, 3.8) is 0 Å². The number of hydrogen-bond acceptors (Lipinski definition) is 0. The number of rotatable bonds is 7. The topological polar surface area (TPSA) is 0 Å². The molecule has 0 heterocycles. The van der Waals surface area contributed by atoms with Crippen molar-refractivity contribution in [2.45, 2.75) is 65.7 Å². The Bertz CT molecular complexity index is 481. The standard InChI is InChI=1S/C21H30/c1-4-9-18-11-13-19(14-12-18)20-10-7-8-17-21(20,15-5-2)16-6-3/h7-8,10-14H,4-6,9,15-17H2,1-3H3. The Kier molecular flexibility index (Phi) is 5.85. The highest BCUT2D eigenvalue weighted by Crippen LogP contribution is 2.48. The molecule has 1 aromatic rings. The predicted molar refractivity (Wildman–Crippen MR) is 94.4 cm³/mol. The highest BCUT2D eigenvalue weighted by atomic mass is 14.4. The Morgan fingerprint density at radius 2 is 1.57 bits per heavy atom. The third-order valence-electron chi connectivity index (χ3n) is 4.74. The Morgan fingerprint density at radius 1 is 0.905 bits per heavy atom.